The summed E-state index contributed by atoms with van der Waals surface area (Å²) in [5.41, 5.74) is 0. The highest BCUT2D eigenvalue weighted by Crippen LogP contribution is 2.17. The summed E-state index contributed by atoms with van der Waals surface area (Å²) in [6, 6.07) is 0. The Kier molecular flexibility index (Phi) is 3.53. The molecule has 2 heterocycles. The molecule has 0 saturated carbocycles. The molecule has 1 unspecified atom stereocenters. The number of aromatic nitrogens is 4. The van der Waals surface area contributed by atoms with Crippen molar-refractivity contribution in [3.05, 3.63) is 18.3 Å². The fraction of sp³-hybridized carbons (Fsp3) is 0.545. The fourth-order valence-electron chi connectivity index (χ4n) is 1.56. The van der Waals surface area contributed by atoms with E-state index in [2.05, 4.69) is 34.3 Å². The van der Waals surface area contributed by atoms with E-state index in [-0.39, 0.29) is 5.92 Å². The van der Waals surface area contributed by atoms with Gasteiger partial charge in [0.2, 0.25) is 11.7 Å². The Morgan fingerprint density at radius 3 is 3.00 bits per heavy atom. The number of nitrogens with zero attached hydrogens (tertiary/aromatic N) is 4. The first-order valence-corrected chi connectivity index (χ1v) is 5.74. The van der Waals surface area contributed by atoms with Crippen LogP contribution in [0.3, 0.4) is 0 Å². The van der Waals surface area contributed by atoms with E-state index in [0.29, 0.717) is 11.7 Å². The fourth-order valence-corrected chi connectivity index (χ4v) is 1.56. The maximum Gasteiger partial charge on any atom is 0.238 e. The molecule has 0 aliphatic carbocycles. The SMILES string of the molecule is CCNCC(C)c1nc(-c2nccn2C)no1. The van der Waals surface area contributed by atoms with Gasteiger partial charge >= 0.3 is 0 Å². The third-order valence-electron chi connectivity index (χ3n) is 2.59. The Bertz CT molecular complexity index is 476. The van der Waals surface area contributed by atoms with Gasteiger partial charge in [-0.15, -0.1) is 0 Å². The highest BCUT2D eigenvalue weighted by atomic mass is 16.5. The van der Waals surface area contributed by atoms with E-state index in [9.17, 15) is 0 Å². The van der Waals surface area contributed by atoms with Gasteiger partial charge in [0.05, 0.1) is 0 Å². The normalized spacial score (nSPS) is 12.9. The predicted molar refractivity (Wildman–Crippen MR) is 63.5 cm³/mol. The molecular weight excluding hydrogens is 218 g/mol. The largest absolute Gasteiger partial charge is 0.339 e. The number of nitrogens with one attached hydrogen (secondary N) is 1. The highest BCUT2D eigenvalue weighted by Gasteiger charge is 2.16. The molecule has 0 aliphatic heterocycles. The molecule has 0 aliphatic rings. The molecule has 0 saturated heterocycles. The summed E-state index contributed by atoms with van der Waals surface area (Å²) < 4.78 is 7.11. The van der Waals surface area contributed by atoms with Crippen molar-refractivity contribution < 1.29 is 4.52 Å². The summed E-state index contributed by atoms with van der Waals surface area (Å²) in [7, 11) is 1.90. The van der Waals surface area contributed by atoms with Gasteiger partial charge in [-0.25, -0.2) is 4.98 Å². The Morgan fingerprint density at radius 2 is 2.35 bits per heavy atom. The summed E-state index contributed by atoms with van der Waals surface area (Å²) in [5, 5.41) is 7.20. The average Bonchev–Trinajstić information content (AvgIpc) is 2.93. The lowest BCUT2D eigenvalue weighted by Crippen LogP contribution is -2.19. The molecule has 6 nitrogen and oxygen atoms in total. The number of rotatable bonds is 5. The van der Waals surface area contributed by atoms with Crippen LogP contribution in [0.25, 0.3) is 11.6 Å². The molecule has 0 aromatic carbocycles. The molecule has 2 rings (SSSR count). The Balaban J connectivity index is 2.13. The zero-order valence-corrected chi connectivity index (χ0v) is 10.3. The minimum absolute atomic E-state index is 0.205. The molecule has 17 heavy (non-hydrogen) atoms. The Morgan fingerprint density at radius 1 is 1.53 bits per heavy atom. The van der Waals surface area contributed by atoms with Gasteiger partial charge in [-0.2, -0.15) is 4.98 Å². The van der Waals surface area contributed by atoms with Gasteiger partial charge < -0.3 is 14.4 Å². The van der Waals surface area contributed by atoms with Gasteiger partial charge in [0.15, 0.2) is 5.82 Å². The number of aryl methyl sites for hydroxylation is 1. The number of hydrogen-bond donors (Lipinski definition) is 1. The van der Waals surface area contributed by atoms with Gasteiger partial charge in [0.1, 0.15) is 0 Å². The van der Waals surface area contributed by atoms with Gasteiger partial charge in [0, 0.05) is 31.9 Å². The molecule has 1 atom stereocenters. The van der Waals surface area contributed by atoms with Crippen LogP contribution in [0.2, 0.25) is 0 Å². The molecular formula is C11H17N5O. The first-order valence-electron chi connectivity index (χ1n) is 5.74. The van der Waals surface area contributed by atoms with E-state index in [0.717, 1.165) is 18.9 Å². The van der Waals surface area contributed by atoms with Crippen molar-refractivity contribution in [1.82, 2.24) is 25.0 Å². The minimum atomic E-state index is 0.205. The van der Waals surface area contributed by atoms with Crippen LogP contribution in [0, 0.1) is 0 Å². The van der Waals surface area contributed by atoms with E-state index >= 15 is 0 Å². The summed E-state index contributed by atoms with van der Waals surface area (Å²) in [5.74, 6) is 2.10. The topological polar surface area (TPSA) is 68.8 Å². The van der Waals surface area contributed by atoms with Crippen molar-refractivity contribution in [3.8, 4) is 11.6 Å². The van der Waals surface area contributed by atoms with Crippen LogP contribution in [0.1, 0.15) is 25.7 Å². The van der Waals surface area contributed by atoms with Gasteiger partial charge in [0.25, 0.3) is 0 Å². The molecule has 0 bridgehead atoms. The van der Waals surface area contributed by atoms with Gasteiger partial charge in [-0.3, -0.25) is 0 Å². The second-order valence-electron chi connectivity index (χ2n) is 4.03. The first-order chi connectivity index (χ1) is 8.22. The summed E-state index contributed by atoms with van der Waals surface area (Å²) in [6.45, 7) is 5.89. The third-order valence-corrected chi connectivity index (χ3v) is 2.59. The zero-order valence-electron chi connectivity index (χ0n) is 10.3. The van der Waals surface area contributed by atoms with Gasteiger partial charge in [-0.05, 0) is 6.54 Å². The zero-order chi connectivity index (χ0) is 12.3. The molecule has 0 fully saturated rings. The maximum atomic E-state index is 5.25. The molecule has 6 heteroatoms. The van der Waals surface area contributed by atoms with Crippen molar-refractivity contribution >= 4 is 0 Å². The quantitative estimate of drug-likeness (QED) is 0.842. The molecule has 2 aromatic heterocycles. The molecule has 1 N–H and O–H groups in total. The van der Waals surface area contributed by atoms with Crippen molar-refractivity contribution in [1.29, 1.82) is 0 Å². The van der Waals surface area contributed by atoms with Crippen LogP contribution in [-0.2, 0) is 7.05 Å². The van der Waals surface area contributed by atoms with Crippen molar-refractivity contribution in [2.45, 2.75) is 19.8 Å². The van der Waals surface area contributed by atoms with Crippen molar-refractivity contribution in [2.75, 3.05) is 13.1 Å². The summed E-state index contributed by atoms with van der Waals surface area (Å²) in [4.78, 5) is 8.55. The monoisotopic (exact) mass is 235 g/mol. The number of imidazole rings is 1. The van der Waals surface area contributed by atoms with E-state index in [4.69, 9.17) is 4.52 Å². The molecule has 0 amide bonds. The lowest BCUT2D eigenvalue weighted by molar-refractivity contribution is 0.355. The van der Waals surface area contributed by atoms with Crippen LogP contribution in [0.5, 0.6) is 0 Å². The van der Waals surface area contributed by atoms with E-state index in [1.165, 1.54) is 0 Å². The predicted octanol–water partition coefficient (Wildman–Crippen LogP) is 1.18. The molecule has 92 valence electrons. The summed E-state index contributed by atoms with van der Waals surface area (Å²) in [6.07, 6.45) is 3.57. The maximum absolute atomic E-state index is 5.25. The lowest BCUT2D eigenvalue weighted by Gasteiger charge is -2.05. The van der Waals surface area contributed by atoms with Gasteiger partial charge in [-0.1, -0.05) is 19.0 Å². The van der Waals surface area contributed by atoms with E-state index in [1.807, 2.05) is 17.8 Å². The second kappa shape index (κ2) is 5.09. The average molecular weight is 235 g/mol. The Labute approximate surface area is 100 Å². The van der Waals surface area contributed by atoms with Crippen molar-refractivity contribution in [3.63, 3.8) is 0 Å². The van der Waals surface area contributed by atoms with E-state index in [1.54, 1.807) is 6.20 Å². The van der Waals surface area contributed by atoms with Crippen LogP contribution in [0.4, 0.5) is 0 Å². The van der Waals surface area contributed by atoms with Crippen LogP contribution < -0.4 is 5.32 Å². The smallest absolute Gasteiger partial charge is 0.238 e. The first kappa shape index (κ1) is 11.8. The lowest BCUT2D eigenvalue weighted by atomic mass is 10.2. The molecule has 0 spiro atoms. The third kappa shape index (κ3) is 2.52. The number of likely N-dealkylation sites (N-methyl/N-ethyl adjacent to an activating group) is 1. The minimum Gasteiger partial charge on any atom is -0.339 e. The molecule has 2 aromatic rings. The van der Waals surface area contributed by atoms with Crippen LogP contribution >= 0.6 is 0 Å². The van der Waals surface area contributed by atoms with E-state index < -0.39 is 0 Å². The van der Waals surface area contributed by atoms with Crippen molar-refractivity contribution in [2.24, 2.45) is 7.05 Å². The molecule has 0 radical (unpaired) electrons. The summed E-state index contributed by atoms with van der Waals surface area (Å²) >= 11 is 0. The van der Waals surface area contributed by atoms with Crippen LogP contribution in [0.15, 0.2) is 16.9 Å². The number of hydrogen-bond acceptors (Lipinski definition) is 5. The standard InChI is InChI=1S/C11H17N5O/c1-4-12-7-8(2)11-14-9(15-17-11)10-13-5-6-16(10)3/h5-6,8,12H,4,7H2,1-3H3. The van der Waals surface area contributed by atoms with Crippen LogP contribution in [-0.4, -0.2) is 32.8 Å². The second-order valence-corrected chi connectivity index (χ2v) is 4.03. The highest BCUT2D eigenvalue weighted by molar-refractivity contribution is 5.42. The Hall–Kier alpha value is -1.69.